The molecule has 2 aromatic heterocycles. The molecule has 19 heavy (non-hydrogen) atoms. The summed E-state index contributed by atoms with van der Waals surface area (Å²) < 4.78 is 2.29. The maximum Gasteiger partial charge on any atom is 0.144 e. The van der Waals surface area contributed by atoms with Gasteiger partial charge in [0.05, 0.1) is 11.7 Å². The van der Waals surface area contributed by atoms with Crippen LogP contribution in [0.4, 0.5) is 0 Å². The minimum absolute atomic E-state index is 0.424. The van der Waals surface area contributed by atoms with Crippen molar-refractivity contribution in [3.63, 3.8) is 0 Å². The number of nitrogens with zero attached hydrogens (tertiary/aromatic N) is 3. The lowest BCUT2D eigenvalue weighted by Crippen LogP contribution is -2.03. The van der Waals surface area contributed by atoms with Crippen LogP contribution in [0.3, 0.4) is 0 Å². The van der Waals surface area contributed by atoms with Crippen LogP contribution in [0.1, 0.15) is 43.3 Å². The molecule has 2 aliphatic rings. The Morgan fingerprint density at radius 3 is 2.89 bits per heavy atom. The molecular weight excluding hydrogens is 234 g/mol. The number of hydrogen-bond donors (Lipinski definition) is 0. The minimum Gasteiger partial charge on any atom is -0.325 e. The standard InChI is InChI=1S/C16H17N3/c1-2-11-3-6-13(9-11)19-8-7-14-15(12-4-5-12)17-10-18-16(14)19/h2,7-10,12-13H,1,3-6H2. The van der Waals surface area contributed by atoms with Gasteiger partial charge < -0.3 is 4.57 Å². The normalized spacial score (nSPS) is 22.7. The SMILES string of the molecule is C=CC1=CC(n2ccc3c(C4CC4)ncnc32)CC1. The van der Waals surface area contributed by atoms with E-state index in [9.17, 15) is 0 Å². The average Bonchev–Trinajstić information content (AvgIpc) is 3.02. The Morgan fingerprint density at radius 2 is 2.16 bits per heavy atom. The van der Waals surface area contributed by atoms with Crippen molar-refractivity contribution in [1.29, 1.82) is 0 Å². The van der Waals surface area contributed by atoms with E-state index in [0.717, 1.165) is 18.5 Å². The molecule has 3 heteroatoms. The summed E-state index contributed by atoms with van der Waals surface area (Å²) in [5, 5.41) is 1.24. The van der Waals surface area contributed by atoms with Crippen molar-refractivity contribution in [2.45, 2.75) is 37.6 Å². The number of fused-ring (bicyclic) bond motifs is 1. The second-order valence-corrected chi connectivity index (χ2v) is 5.55. The number of rotatable bonds is 3. The molecule has 3 nitrogen and oxygen atoms in total. The Morgan fingerprint density at radius 1 is 1.26 bits per heavy atom. The highest BCUT2D eigenvalue weighted by Crippen LogP contribution is 2.42. The third-order valence-electron chi connectivity index (χ3n) is 4.26. The van der Waals surface area contributed by atoms with Crippen LogP contribution in [0.15, 0.2) is 42.9 Å². The zero-order valence-electron chi connectivity index (χ0n) is 10.9. The van der Waals surface area contributed by atoms with E-state index in [0.29, 0.717) is 12.0 Å². The lowest BCUT2D eigenvalue weighted by molar-refractivity contribution is 0.605. The van der Waals surface area contributed by atoms with E-state index in [4.69, 9.17) is 0 Å². The molecule has 1 fully saturated rings. The van der Waals surface area contributed by atoms with Gasteiger partial charge in [0.1, 0.15) is 12.0 Å². The molecule has 0 aromatic carbocycles. The quantitative estimate of drug-likeness (QED) is 0.831. The number of allylic oxidation sites excluding steroid dienone is 3. The zero-order chi connectivity index (χ0) is 12.8. The largest absolute Gasteiger partial charge is 0.325 e. The Bertz CT molecular complexity index is 676. The molecule has 96 valence electrons. The van der Waals surface area contributed by atoms with Gasteiger partial charge >= 0.3 is 0 Å². The van der Waals surface area contributed by atoms with Crippen LogP contribution in [0.25, 0.3) is 11.0 Å². The Balaban J connectivity index is 1.81. The number of hydrogen-bond acceptors (Lipinski definition) is 2. The second-order valence-electron chi connectivity index (χ2n) is 5.55. The molecule has 0 saturated heterocycles. The third kappa shape index (κ3) is 1.72. The summed E-state index contributed by atoms with van der Waals surface area (Å²) in [6.45, 7) is 3.86. The van der Waals surface area contributed by atoms with Gasteiger partial charge in [0.2, 0.25) is 0 Å². The summed E-state index contributed by atoms with van der Waals surface area (Å²) in [4.78, 5) is 8.99. The summed E-state index contributed by atoms with van der Waals surface area (Å²) >= 11 is 0. The predicted molar refractivity (Wildman–Crippen MR) is 76.1 cm³/mol. The van der Waals surface area contributed by atoms with Gasteiger partial charge in [-0.1, -0.05) is 24.3 Å². The van der Waals surface area contributed by atoms with Crippen LogP contribution in [0.2, 0.25) is 0 Å². The summed E-state index contributed by atoms with van der Waals surface area (Å²) in [5.41, 5.74) is 3.68. The molecular formula is C16H17N3. The van der Waals surface area contributed by atoms with E-state index in [1.165, 1.54) is 29.5 Å². The first-order valence-corrected chi connectivity index (χ1v) is 7.01. The molecule has 0 N–H and O–H groups in total. The van der Waals surface area contributed by atoms with Crippen LogP contribution >= 0.6 is 0 Å². The van der Waals surface area contributed by atoms with Gasteiger partial charge in [-0.15, -0.1) is 0 Å². The minimum atomic E-state index is 0.424. The molecule has 0 radical (unpaired) electrons. The Hall–Kier alpha value is -1.90. The van der Waals surface area contributed by atoms with Gasteiger partial charge in [0, 0.05) is 17.5 Å². The van der Waals surface area contributed by atoms with Gasteiger partial charge in [-0.2, -0.15) is 0 Å². The highest BCUT2D eigenvalue weighted by molar-refractivity contribution is 5.79. The molecule has 1 unspecified atom stereocenters. The van der Waals surface area contributed by atoms with E-state index in [-0.39, 0.29) is 0 Å². The topological polar surface area (TPSA) is 30.7 Å². The average molecular weight is 251 g/mol. The van der Waals surface area contributed by atoms with E-state index < -0.39 is 0 Å². The van der Waals surface area contributed by atoms with Crippen molar-refractivity contribution >= 4 is 11.0 Å². The maximum atomic E-state index is 4.50. The predicted octanol–water partition coefficient (Wildman–Crippen LogP) is 3.76. The lowest BCUT2D eigenvalue weighted by atomic mass is 10.2. The van der Waals surface area contributed by atoms with Crippen LogP contribution < -0.4 is 0 Å². The molecule has 1 saturated carbocycles. The summed E-state index contributed by atoms with van der Waals surface area (Å²) in [6, 6.07) is 2.61. The first-order chi connectivity index (χ1) is 9.36. The summed E-state index contributed by atoms with van der Waals surface area (Å²) in [7, 11) is 0. The molecule has 2 aliphatic carbocycles. The smallest absolute Gasteiger partial charge is 0.144 e. The highest BCUT2D eigenvalue weighted by Gasteiger charge is 2.28. The van der Waals surface area contributed by atoms with Gasteiger partial charge in [0.25, 0.3) is 0 Å². The number of aromatic nitrogens is 3. The van der Waals surface area contributed by atoms with Crippen LogP contribution in [-0.2, 0) is 0 Å². The maximum absolute atomic E-state index is 4.50. The van der Waals surface area contributed by atoms with Gasteiger partial charge in [-0.25, -0.2) is 9.97 Å². The molecule has 0 amide bonds. The first kappa shape index (κ1) is 11.0. The van der Waals surface area contributed by atoms with Crippen LogP contribution in [-0.4, -0.2) is 14.5 Å². The lowest BCUT2D eigenvalue weighted by Gasteiger charge is -2.11. The summed E-state index contributed by atoms with van der Waals surface area (Å²) in [6.07, 6.45) is 13.0. The second kappa shape index (κ2) is 4.05. The van der Waals surface area contributed by atoms with Crippen molar-refractivity contribution in [1.82, 2.24) is 14.5 Å². The van der Waals surface area contributed by atoms with Crippen LogP contribution in [0, 0.1) is 0 Å². The van der Waals surface area contributed by atoms with Gasteiger partial charge in [-0.05, 0) is 31.7 Å². The van der Waals surface area contributed by atoms with Crippen molar-refractivity contribution in [2.75, 3.05) is 0 Å². The molecule has 0 bridgehead atoms. The van der Waals surface area contributed by atoms with E-state index in [2.05, 4.69) is 39.5 Å². The Labute approximate surface area is 112 Å². The summed E-state index contributed by atoms with van der Waals surface area (Å²) in [5.74, 6) is 0.671. The highest BCUT2D eigenvalue weighted by atomic mass is 15.1. The first-order valence-electron chi connectivity index (χ1n) is 7.01. The van der Waals surface area contributed by atoms with E-state index >= 15 is 0 Å². The van der Waals surface area contributed by atoms with Crippen molar-refractivity contribution in [3.05, 3.63) is 48.6 Å². The van der Waals surface area contributed by atoms with Crippen molar-refractivity contribution < 1.29 is 0 Å². The molecule has 1 atom stereocenters. The molecule has 4 rings (SSSR count). The van der Waals surface area contributed by atoms with Gasteiger partial charge in [0.15, 0.2) is 0 Å². The molecule has 0 spiro atoms. The fourth-order valence-corrected chi connectivity index (χ4v) is 3.06. The van der Waals surface area contributed by atoms with E-state index in [1.807, 2.05) is 6.08 Å². The van der Waals surface area contributed by atoms with Gasteiger partial charge in [-0.3, -0.25) is 0 Å². The van der Waals surface area contributed by atoms with Crippen molar-refractivity contribution in [3.8, 4) is 0 Å². The third-order valence-corrected chi connectivity index (χ3v) is 4.26. The molecule has 2 heterocycles. The van der Waals surface area contributed by atoms with E-state index in [1.54, 1.807) is 6.33 Å². The molecule has 2 aromatic rings. The monoisotopic (exact) mass is 251 g/mol. The molecule has 0 aliphatic heterocycles. The fourth-order valence-electron chi connectivity index (χ4n) is 3.06. The fraction of sp³-hybridized carbons (Fsp3) is 0.375. The van der Waals surface area contributed by atoms with Crippen molar-refractivity contribution in [2.24, 2.45) is 0 Å². The van der Waals surface area contributed by atoms with Crippen LogP contribution in [0.5, 0.6) is 0 Å². The Kier molecular flexibility index (Phi) is 2.34. The zero-order valence-corrected chi connectivity index (χ0v) is 10.9.